The Kier molecular flexibility index (Phi) is 3.69. The van der Waals surface area contributed by atoms with Crippen molar-refractivity contribution in [1.82, 2.24) is 14.9 Å². The molecule has 88 valence electrons. The lowest BCUT2D eigenvalue weighted by Crippen LogP contribution is -2.32. The fourth-order valence-electron chi connectivity index (χ4n) is 1.96. The number of nitrogen functional groups attached to an aromatic ring is 1. The second-order valence-electron chi connectivity index (χ2n) is 4.50. The highest BCUT2D eigenvalue weighted by Crippen LogP contribution is 2.17. The quantitative estimate of drug-likeness (QED) is 0.588. The molecule has 2 heterocycles. The van der Waals surface area contributed by atoms with Crippen LogP contribution in [0.3, 0.4) is 0 Å². The molecule has 0 atom stereocenters. The van der Waals surface area contributed by atoms with Gasteiger partial charge in [-0.25, -0.2) is 10.8 Å². The predicted molar refractivity (Wildman–Crippen MR) is 63.5 cm³/mol. The summed E-state index contributed by atoms with van der Waals surface area (Å²) < 4.78 is 0. The smallest absolute Gasteiger partial charge is 0.158 e. The van der Waals surface area contributed by atoms with Gasteiger partial charge in [-0.3, -0.25) is 9.88 Å². The summed E-state index contributed by atoms with van der Waals surface area (Å²) >= 11 is 0. The molecule has 1 aromatic rings. The summed E-state index contributed by atoms with van der Waals surface area (Å²) in [5.74, 6) is 6.71. The van der Waals surface area contributed by atoms with E-state index >= 15 is 0 Å². The van der Waals surface area contributed by atoms with Crippen molar-refractivity contribution in [3.05, 3.63) is 18.1 Å². The lowest BCUT2D eigenvalue weighted by atomic mass is 9.99. The average molecular weight is 221 g/mol. The molecule has 1 aromatic heterocycles. The van der Waals surface area contributed by atoms with Crippen LogP contribution < -0.4 is 11.3 Å². The van der Waals surface area contributed by atoms with E-state index in [-0.39, 0.29) is 0 Å². The van der Waals surface area contributed by atoms with E-state index in [0.29, 0.717) is 5.82 Å². The molecule has 5 nitrogen and oxygen atoms in total. The zero-order chi connectivity index (χ0) is 11.4. The van der Waals surface area contributed by atoms with Gasteiger partial charge in [-0.2, -0.15) is 0 Å². The molecule has 0 spiro atoms. The molecule has 0 saturated carbocycles. The summed E-state index contributed by atoms with van der Waals surface area (Å²) in [4.78, 5) is 10.9. The third kappa shape index (κ3) is 2.90. The number of nitrogens with one attached hydrogen (secondary N) is 1. The monoisotopic (exact) mass is 221 g/mol. The molecule has 0 aliphatic carbocycles. The molecule has 5 heteroatoms. The molecule has 0 amide bonds. The molecule has 0 bridgehead atoms. The number of nitrogens with zero attached hydrogens (tertiary/aromatic N) is 3. The van der Waals surface area contributed by atoms with Crippen LogP contribution >= 0.6 is 0 Å². The maximum atomic E-state index is 5.24. The molecule has 0 radical (unpaired) electrons. The fourth-order valence-corrected chi connectivity index (χ4v) is 1.96. The predicted octanol–water partition coefficient (Wildman–Crippen LogP) is 0.994. The Labute approximate surface area is 96.0 Å². The van der Waals surface area contributed by atoms with Crippen LogP contribution in [0.2, 0.25) is 0 Å². The highest BCUT2D eigenvalue weighted by atomic mass is 15.3. The summed E-state index contributed by atoms with van der Waals surface area (Å²) in [6, 6.07) is 0. The minimum Gasteiger partial charge on any atom is -0.307 e. The molecule has 16 heavy (non-hydrogen) atoms. The number of aromatic nitrogens is 2. The summed E-state index contributed by atoms with van der Waals surface area (Å²) in [5, 5.41) is 0. The molecule has 1 aliphatic heterocycles. The third-order valence-corrected chi connectivity index (χ3v) is 3.12. The van der Waals surface area contributed by atoms with Crippen molar-refractivity contribution >= 4 is 5.82 Å². The first-order valence-corrected chi connectivity index (χ1v) is 5.78. The summed E-state index contributed by atoms with van der Waals surface area (Å²) in [6.45, 7) is 5.54. The van der Waals surface area contributed by atoms with Crippen LogP contribution in [0.25, 0.3) is 0 Å². The van der Waals surface area contributed by atoms with Gasteiger partial charge in [-0.1, -0.05) is 6.92 Å². The molecule has 1 saturated heterocycles. The number of piperidine rings is 1. The standard InChI is InChI=1S/C11H19N5/c1-9-2-4-16(5-3-9)8-10-6-14-11(15-12)7-13-10/h6-7,9H,2-5,8,12H2,1H3,(H,14,15). The van der Waals surface area contributed by atoms with Gasteiger partial charge in [0.1, 0.15) is 0 Å². The largest absolute Gasteiger partial charge is 0.307 e. The van der Waals surface area contributed by atoms with E-state index in [1.807, 2.05) is 0 Å². The van der Waals surface area contributed by atoms with Crippen LogP contribution in [0, 0.1) is 5.92 Å². The van der Waals surface area contributed by atoms with E-state index in [0.717, 1.165) is 18.2 Å². The Hall–Kier alpha value is -1.20. The van der Waals surface area contributed by atoms with Crippen LogP contribution in [0.15, 0.2) is 12.4 Å². The maximum absolute atomic E-state index is 5.24. The molecule has 0 unspecified atom stereocenters. The summed E-state index contributed by atoms with van der Waals surface area (Å²) in [7, 11) is 0. The van der Waals surface area contributed by atoms with Crippen molar-refractivity contribution in [1.29, 1.82) is 0 Å². The van der Waals surface area contributed by atoms with E-state index in [4.69, 9.17) is 5.84 Å². The molecular formula is C11H19N5. The molecule has 1 fully saturated rings. The van der Waals surface area contributed by atoms with Crippen LogP contribution in [0.1, 0.15) is 25.5 Å². The van der Waals surface area contributed by atoms with Crippen LogP contribution in [0.5, 0.6) is 0 Å². The van der Waals surface area contributed by atoms with Crippen LogP contribution in [-0.2, 0) is 6.54 Å². The van der Waals surface area contributed by atoms with Crippen LogP contribution in [-0.4, -0.2) is 28.0 Å². The second-order valence-corrected chi connectivity index (χ2v) is 4.50. The van der Waals surface area contributed by atoms with Gasteiger partial charge in [-0.15, -0.1) is 0 Å². The molecule has 3 N–H and O–H groups in total. The molecule has 1 aliphatic rings. The molecule has 0 aromatic carbocycles. The van der Waals surface area contributed by atoms with Gasteiger partial charge in [0.25, 0.3) is 0 Å². The van der Waals surface area contributed by atoms with Gasteiger partial charge in [0.15, 0.2) is 5.82 Å². The van der Waals surface area contributed by atoms with Crippen molar-refractivity contribution < 1.29 is 0 Å². The van der Waals surface area contributed by atoms with Gasteiger partial charge < -0.3 is 5.43 Å². The average Bonchev–Trinajstić information content (AvgIpc) is 2.33. The number of anilines is 1. The summed E-state index contributed by atoms with van der Waals surface area (Å²) in [6.07, 6.45) is 6.03. The van der Waals surface area contributed by atoms with Gasteiger partial charge in [0, 0.05) is 6.54 Å². The minimum atomic E-state index is 0.607. The highest BCUT2D eigenvalue weighted by molar-refractivity contribution is 5.28. The second kappa shape index (κ2) is 5.23. The van der Waals surface area contributed by atoms with Gasteiger partial charge in [0.2, 0.25) is 0 Å². The van der Waals surface area contributed by atoms with E-state index in [9.17, 15) is 0 Å². The van der Waals surface area contributed by atoms with E-state index < -0.39 is 0 Å². The molecule has 2 rings (SSSR count). The maximum Gasteiger partial charge on any atom is 0.158 e. The van der Waals surface area contributed by atoms with Gasteiger partial charge in [-0.05, 0) is 31.8 Å². The number of hydrogen-bond donors (Lipinski definition) is 2. The van der Waals surface area contributed by atoms with Gasteiger partial charge in [0.05, 0.1) is 18.1 Å². The van der Waals surface area contributed by atoms with Crippen molar-refractivity contribution in [2.75, 3.05) is 18.5 Å². The SMILES string of the molecule is CC1CCN(Cc2cnc(NN)cn2)CC1. The van der Waals surface area contributed by atoms with Gasteiger partial charge >= 0.3 is 0 Å². The zero-order valence-electron chi connectivity index (χ0n) is 9.69. The Bertz CT molecular complexity index is 316. The third-order valence-electron chi connectivity index (χ3n) is 3.12. The van der Waals surface area contributed by atoms with Crippen molar-refractivity contribution in [2.24, 2.45) is 11.8 Å². The van der Waals surface area contributed by atoms with Crippen molar-refractivity contribution in [2.45, 2.75) is 26.3 Å². The van der Waals surface area contributed by atoms with E-state index in [1.54, 1.807) is 12.4 Å². The number of likely N-dealkylation sites (tertiary alicyclic amines) is 1. The number of hydrazine groups is 1. The Morgan fingerprint density at radius 3 is 2.69 bits per heavy atom. The Morgan fingerprint density at radius 1 is 1.38 bits per heavy atom. The summed E-state index contributed by atoms with van der Waals surface area (Å²) in [5.41, 5.74) is 3.48. The first kappa shape index (κ1) is 11.3. The first-order chi connectivity index (χ1) is 7.78. The zero-order valence-corrected chi connectivity index (χ0v) is 9.69. The lowest BCUT2D eigenvalue weighted by molar-refractivity contribution is 0.183. The van der Waals surface area contributed by atoms with Crippen LogP contribution in [0.4, 0.5) is 5.82 Å². The molecular weight excluding hydrogens is 202 g/mol. The lowest BCUT2D eigenvalue weighted by Gasteiger charge is -2.29. The first-order valence-electron chi connectivity index (χ1n) is 5.78. The van der Waals surface area contributed by atoms with E-state index in [2.05, 4.69) is 27.2 Å². The highest BCUT2D eigenvalue weighted by Gasteiger charge is 2.15. The normalized spacial score (nSPS) is 18.6. The fraction of sp³-hybridized carbons (Fsp3) is 0.636. The number of rotatable bonds is 3. The van der Waals surface area contributed by atoms with Crippen molar-refractivity contribution in [3.8, 4) is 0 Å². The Morgan fingerprint density at radius 2 is 2.12 bits per heavy atom. The number of hydrogen-bond acceptors (Lipinski definition) is 5. The topological polar surface area (TPSA) is 67.1 Å². The van der Waals surface area contributed by atoms with E-state index in [1.165, 1.54) is 25.9 Å². The van der Waals surface area contributed by atoms with Crippen molar-refractivity contribution in [3.63, 3.8) is 0 Å². The Balaban J connectivity index is 1.88. The minimum absolute atomic E-state index is 0.607. The number of nitrogens with two attached hydrogens (primary N) is 1.